The monoisotopic (exact) mass is 404 g/mol. The van der Waals surface area contributed by atoms with E-state index >= 15 is 0 Å². The summed E-state index contributed by atoms with van der Waals surface area (Å²) in [5.41, 5.74) is 1.66. The third-order valence-corrected chi connectivity index (χ3v) is 4.07. The maximum Gasteiger partial charge on any atom is 0.354 e. The molecule has 9 heteroatoms. The zero-order valence-electron chi connectivity index (χ0n) is 15.6. The molecule has 2 N–H and O–H groups in total. The molecule has 0 amide bonds. The number of imidazole rings is 1. The van der Waals surface area contributed by atoms with Crippen molar-refractivity contribution in [2.75, 3.05) is 0 Å². The van der Waals surface area contributed by atoms with Crippen LogP contribution < -0.4 is 5.69 Å². The highest BCUT2D eigenvalue weighted by Gasteiger charge is 2.17. The summed E-state index contributed by atoms with van der Waals surface area (Å²) < 4.78 is 2.46. The maximum absolute atomic E-state index is 12.7. The van der Waals surface area contributed by atoms with Crippen molar-refractivity contribution in [3.8, 4) is 12.1 Å². The molecule has 0 bridgehead atoms. The van der Waals surface area contributed by atoms with Gasteiger partial charge in [-0.05, 0) is 35.4 Å². The first-order chi connectivity index (χ1) is 14.4. The standard InChI is InChI=1S/C20H14N4O3.CH2O2/c21-9-14-3-1-5-16(7-14)11-23-13-18(19(25)26)24(20(23)27)12-17-6-2-4-15(8-17)10-22;2-1-3/h1-8,13H,11-12H2,(H,25,26);1H,(H,2,3). The molecule has 0 aliphatic rings. The molecule has 0 unspecified atom stereocenters. The van der Waals surface area contributed by atoms with Crippen LogP contribution in [0, 0.1) is 22.7 Å². The lowest BCUT2D eigenvalue weighted by Crippen LogP contribution is -2.26. The molecule has 0 aliphatic heterocycles. The first-order valence-electron chi connectivity index (χ1n) is 8.52. The van der Waals surface area contributed by atoms with E-state index in [4.69, 9.17) is 20.4 Å². The zero-order valence-corrected chi connectivity index (χ0v) is 15.6. The fraction of sp³-hybridized carbons (Fsp3) is 0.0952. The van der Waals surface area contributed by atoms with Gasteiger partial charge in [-0.2, -0.15) is 10.5 Å². The summed E-state index contributed by atoms with van der Waals surface area (Å²) >= 11 is 0. The van der Waals surface area contributed by atoms with Gasteiger partial charge < -0.3 is 10.2 Å². The lowest BCUT2D eigenvalue weighted by Gasteiger charge is -2.05. The van der Waals surface area contributed by atoms with Gasteiger partial charge in [-0.25, -0.2) is 9.59 Å². The molecule has 2 aromatic carbocycles. The lowest BCUT2D eigenvalue weighted by molar-refractivity contribution is -0.122. The molecule has 0 saturated heterocycles. The summed E-state index contributed by atoms with van der Waals surface area (Å²) in [4.78, 5) is 32.7. The van der Waals surface area contributed by atoms with Crippen LogP contribution in [0.1, 0.15) is 32.7 Å². The van der Waals surface area contributed by atoms with E-state index in [2.05, 4.69) is 0 Å². The van der Waals surface area contributed by atoms with Crippen LogP contribution in [0.2, 0.25) is 0 Å². The largest absolute Gasteiger partial charge is 0.483 e. The molecule has 0 radical (unpaired) electrons. The zero-order chi connectivity index (χ0) is 22.1. The summed E-state index contributed by atoms with van der Waals surface area (Å²) in [5.74, 6) is -1.21. The van der Waals surface area contributed by atoms with Crippen LogP contribution in [0.25, 0.3) is 0 Å². The minimum Gasteiger partial charge on any atom is -0.483 e. The van der Waals surface area contributed by atoms with E-state index in [1.165, 1.54) is 10.8 Å². The summed E-state index contributed by atoms with van der Waals surface area (Å²) in [5, 5.41) is 34.3. The second-order valence-corrected chi connectivity index (χ2v) is 6.05. The normalized spacial score (nSPS) is 9.53. The molecule has 1 heterocycles. The van der Waals surface area contributed by atoms with Crippen molar-refractivity contribution in [3.63, 3.8) is 0 Å². The van der Waals surface area contributed by atoms with Crippen LogP contribution in [0.3, 0.4) is 0 Å². The van der Waals surface area contributed by atoms with Gasteiger partial charge in [0.05, 0.1) is 36.4 Å². The molecular weight excluding hydrogens is 388 g/mol. The number of carboxylic acids is 1. The first-order valence-corrected chi connectivity index (χ1v) is 8.52. The number of hydrogen-bond acceptors (Lipinski definition) is 5. The number of carbonyl (C=O) groups is 2. The molecule has 0 aliphatic carbocycles. The molecule has 0 saturated carbocycles. The highest BCUT2D eigenvalue weighted by atomic mass is 16.4. The Balaban J connectivity index is 0.00000101. The number of carboxylic acid groups (broad SMARTS) is 2. The molecule has 9 nitrogen and oxygen atoms in total. The number of aromatic carboxylic acids is 1. The summed E-state index contributed by atoms with van der Waals surface area (Å²) in [6.45, 7) is -0.0545. The molecule has 30 heavy (non-hydrogen) atoms. The topological polar surface area (TPSA) is 149 Å². The van der Waals surface area contributed by atoms with E-state index in [1.807, 2.05) is 12.1 Å². The second-order valence-electron chi connectivity index (χ2n) is 6.05. The van der Waals surface area contributed by atoms with Crippen molar-refractivity contribution in [3.05, 3.63) is 93.2 Å². The van der Waals surface area contributed by atoms with Crippen molar-refractivity contribution in [2.24, 2.45) is 0 Å². The predicted molar refractivity (Wildman–Crippen MR) is 105 cm³/mol. The number of rotatable bonds is 5. The quantitative estimate of drug-likeness (QED) is 0.617. The van der Waals surface area contributed by atoms with Gasteiger partial charge in [0.25, 0.3) is 6.47 Å². The summed E-state index contributed by atoms with van der Waals surface area (Å²) in [7, 11) is 0. The molecule has 150 valence electrons. The molecular formula is C21H16N4O5. The number of aromatic nitrogens is 2. The second kappa shape index (κ2) is 10.1. The average Bonchev–Trinajstić information content (AvgIpc) is 3.04. The average molecular weight is 404 g/mol. The fourth-order valence-electron chi connectivity index (χ4n) is 2.83. The van der Waals surface area contributed by atoms with E-state index in [0.29, 0.717) is 16.7 Å². The Kier molecular flexibility index (Phi) is 7.27. The summed E-state index contributed by atoms with van der Waals surface area (Å²) in [6, 6.07) is 17.5. The molecule has 3 aromatic rings. The van der Waals surface area contributed by atoms with Gasteiger partial charge in [-0.1, -0.05) is 24.3 Å². The Hall–Kier alpha value is -4.63. The van der Waals surface area contributed by atoms with Gasteiger partial charge >= 0.3 is 11.7 Å². The Morgan fingerprint density at radius 1 is 1.00 bits per heavy atom. The third-order valence-electron chi connectivity index (χ3n) is 4.07. The first kappa shape index (κ1) is 21.7. The van der Waals surface area contributed by atoms with Crippen molar-refractivity contribution in [1.29, 1.82) is 10.5 Å². The van der Waals surface area contributed by atoms with E-state index in [-0.39, 0.29) is 25.3 Å². The smallest absolute Gasteiger partial charge is 0.354 e. The number of nitrogens with zero attached hydrogens (tertiary/aromatic N) is 4. The highest BCUT2D eigenvalue weighted by Crippen LogP contribution is 2.10. The number of benzene rings is 2. The van der Waals surface area contributed by atoms with Crippen LogP contribution in [0.4, 0.5) is 0 Å². The van der Waals surface area contributed by atoms with Gasteiger partial charge in [0, 0.05) is 6.20 Å². The Labute approximate surface area is 170 Å². The highest BCUT2D eigenvalue weighted by molar-refractivity contribution is 5.85. The third kappa shape index (κ3) is 5.21. The van der Waals surface area contributed by atoms with Crippen LogP contribution in [-0.2, 0) is 17.9 Å². The van der Waals surface area contributed by atoms with Crippen LogP contribution in [-0.4, -0.2) is 31.8 Å². The molecule has 3 rings (SSSR count). The van der Waals surface area contributed by atoms with Crippen molar-refractivity contribution < 1.29 is 19.8 Å². The van der Waals surface area contributed by atoms with E-state index in [1.54, 1.807) is 48.5 Å². The Morgan fingerprint density at radius 3 is 1.97 bits per heavy atom. The molecule has 0 spiro atoms. The van der Waals surface area contributed by atoms with Crippen LogP contribution in [0.5, 0.6) is 0 Å². The van der Waals surface area contributed by atoms with E-state index in [0.717, 1.165) is 10.1 Å². The lowest BCUT2D eigenvalue weighted by atomic mass is 10.1. The van der Waals surface area contributed by atoms with E-state index < -0.39 is 11.7 Å². The fourth-order valence-corrected chi connectivity index (χ4v) is 2.83. The van der Waals surface area contributed by atoms with E-state index in [9.17, 15) is 14.7 Å². The number of hydrogen-bond donors (Lipinski definition) is 2. The van der Waals surface area contributed by atoms with Crippen LogP contribution in [0.15, 0.2) is 59.5 Å². The Morgan fingerprint density at radius 2 is 1.50 bits per heavy atom. The molecule has 0 fully saturated rings. The SMILES string of the molecule is N#Cc1cccc(Cn2cc(C(=O)O)n(Cc3cccc(C#N)c3)c2=O)c1.O=CO. The maximum atomic E-state index is 12.7. The van der Waals surface area contributed by atoms with Crippen molar-refractivity contribution in [1.82, 2.24) is 9.13 Å². The van der Waals surface area contributed by atoms with Gasteiger partial charge in [-0.3, -0.25) is 13.9 Å². The van der Waals surface area contributed by atoms with Crippen molar-refractivity contribution in [2.45, 2.75) is 13.1 Å². The van der Waals surface area contributed by atoms with Crippen molar-refractivity contribution >= 4 is 12.4 Å². The van der Waals surface area contributed by atoms with Gasteiger partial charge in [0.2, 0.25) is 0 Å². The number of nitriles is 2. The minimum absolute atomic E-state index is 0.0429. The molecule has 0 atom stereocenters. The minimum atomic E-state index is -1.21. The van der Waals surface area contributed by atoms with Crippen LogP contribution >= 0.6 is 0 Å². The van der Waals surface area contributed by atoms with Gasteiger partial charge in [-0.15, -0.1) is 0 Å². The van der Waals surface area contributed by atoms with Gasteiger partial charge in [0.15, 0.2) is 0 Å². The summed E-state index contributed by atoms with van der Waals surface area (Å²) in [6.07, 6.45) is 1.29. The Bertz CT molecular complexity index is 1210. The predicted octanol–water partition coefficient (Wildman–Crippen LogP) is 1.89. The molecule has 1 aromatic heterocycles. The van der Waals surface area contributed by atoms with Gasteiger partial charge in [0.1, 0.15) is 5.69 Å².